The monoisotopic (exact) mass is 214 g/mol. The first-order valence-corrected chi connectivity index (χ1v) is 3.11. The molecule has 0 fully saturated rings. The quantitative estimate of drug-likeness (QED) is 0.531. The van der Waals surface area contributed by atoms with Crippen LogP contribution in [0.3, 0.4) is 0 Å². The van der Waals surface area contributed by atoms with Crippen molar-refractivity contribution < 1.29 is 34.2 Å². The van der Waals surface area contributed by atoms with Crippen LogP contribution in [0.1, 0.15) is 0 Å². The lowest BCUT2D eigenvalue weighted by Gasteiger charge is -2.08. The Morgan fingerprint density at radius 3 is 1.92 bits per heavy atom. The van der Waals surface area contributed by atoms with Gasteiger partial charge in [0.15, 0.2) is 0 Å². The van der Waals surface area contributed by atoms with Gasteiger partial charge in [0.2, 0.25) is 0 Å². The van der Waals surface area contributed by atoms with E-state index in [1.54, 1.807) is 0 Å². The molecule has 0 bridgehead atoms. The summed E-state index contributed by atoms with van der Waals surface area (Å²) < 4.78 is 80.2. The predicted molar refractivity (Wildman–Crippen MR) is 25.6 cm³/mol. The van der Waals surface area contributed by atoms with Crippen LogP contribution in [0.5, 0.6) is 0 Å². The summed E-state index contributed by atoms with van der Waals surface area (Å²) in [6.07, 6.45) is -8.58. The van der Waals surface area contributed by atoms with E-state index >= 15 is 0 Å². The van der Waals surface area contributed by atoms with Gasteiger partial charge in [0.05, 0.1) is 0 Å². The lowest BCUT2D eigenvalue weighted by atomic mass is 10.5. The standard InChI is InChI=1S/C3F6O2S/c4-1(2(5)6)3(7,8)11-12(9)10. The molecule has 0 saturated heterocycles. The molecule has 1 unspecified atom stereocenters. The van der Waals surface area contributed by atoms with Gasteiger partial charge in [0.1, 0.15) is 0 Å². The first-order chi connectivity index (χ1) is 5.27. The van der Waals surface area contributed by atoms with E-state index in [0.717, 1.165) is 0 Å². The van der Waals surface area contributed by atoms with E-state index in [2.05, 4.69) is 4.18 Å². The van der Waals surface area contributed by atoms with Crippen LogP contribution >= 0.6 is 0 Å². The summed E-state index contributed by atoms with van der Waals surface area (Å²) in [5.74, 6) is -3.27. The first kappa shape index (κ1) is 11.4. The third kappa shape index (κ3) is 3.22. The molecule has 0 spiro atoms. The van der Waals surface area contributed by atoms with Crippen molar-refractivity contribution in [3.63, 3.8) is 0 Å². The molecule has 0 N–H and O–H groups in total. The average Bonchev–Trinajstić information content (AvgIpc) is 1.82. The summed E-state index contributed by atoms with van der Waals surface area (Å²) in [4.78, 5) is 0. The number of halogens is 6. The Morgan fingerprint density at radius 1 is 1.25 bits per heavy atom. The Bertz CT molecular complexity index is 221. The summed E-state index contributed by atoms with van der Waals surface area (Å²) in [5.41, 5.74) is 0. The van der Waals surface area contributed by atoms with Crippen molar-refractivity contribution in [1.29, 1.82) is 0 Å². The van der Waals surface area contributed by atoms with Crippen molar-refractivity contribution >= 4 is 11.5 Å². The third-order valence-corrected chi connectivity index (χ3v) is 0.932. The van der Waals surface area contributed by atoms with Crippen LogP contribution in [0.2, 0.25) is 0 Å². The van der Waals surface area contributed by atoms with Gasteiger partial charge in [0, 0.05) is 0 Å². The van der Waals surface area contributed by atoms with Crippen molar-refractivity contribution in [2.24, 2.45) is 0 Å². The minimum Gasteiger partial charge on any atom is -0.196 e. The summed E-state index contributed by atoms with van der Waals surface area (Å²) in [7, 11) is 0. The third-order valence-electron chi connectivity index (χ3n) is 0.592. The summed E-state index contributed by atoms with van der Waals surface area (Å²) in [6.45, 7) is 0. The van der Waals surface area contributed by atoms with Crippen molar-refractivity contribution in [1.82, 2.24) is 0 Å². The number of hydrogen-bond donors (Lipinski definition) is 0. The molecule has 0 aromatic carbocycles. The largest absolute Gasteiger partial charge is 0.428 e. The Kier molecular flexibility index (Phi) is 3.71. The van der Waals surface area contributed by atoms with Gasteiger partial charge in [-0.15, -0.1) is 3.89 Å². The smallest absolute Gasteiger partial charge is 0.196 e. The van der Waals surface area contributed by atoms with Crippen molar-refractivity contribution in [2.75, 3.05) is 0 Å². The molecular formula is C3F6O2S. The number of rotatable bonds is 3. The molecular weight excluding hydrogens is 214 g/mol. The van der Waals surface area contributed by atoms with Gasteiger partial charge < -0.3 is 0 Å². The van der Waals surface area contributed by atoms with Crippen LogP contribution in [-0.4, -0.2) is 10.3 Å². The van der Waals surface area contributed by atoms with Crippen LogP contribution < -0.4 is 0 Å². The summed E-state index contributed by atoms with van der Waals surface area (Å²) >= 11 is -4.03. The molecule has 9 heteroatoms. The minimum atomic E-state index is -5.21. The van der Waals surface area contributed by atoms with E-state index in [0.29, 0.717) is 0 Å². The second-order valence-corrected chi connectivity index (χ2v) is 1.92. The SMILES string of the molecule is O=S(F)OC(F)(F)C(F)=C(F)F. The van der Waals surface area contributed by atoms with Crippen molar-refractivity contribution in [2.45, 2.75) is 6.11 Å². The molecule has 12 heavy (non-hydrogen) atoms. The highest BCUT2D eigenvalue weighted by atomic mass is 32.2. The summed E-state index contributed by atoms with van der Waals surface area (Å²) in [6, 6.07) is 0. The Hall–Kier alpha value is -0.570. The van der Waals surface area contributed by atoms with Gasteiger partial charge in [-0.1, -0.05) is 0 Å². The van der Waals surface area contributed by atoms with Gasteiger partial charge in [-0.3, -0.25) is 0 Å². The Labute approximate surface area is 64.8 Å². The van der Waals surface area contributed by atoms with E-state index in [1.807, 2.05) is 0 Å². The van der Waals surface area contributed by atoms with Crippen LogP contribution in [0.15, 0.2) is 11.9 Å². The average molecular weight is 214 g/mol. The fourth-order valence-electron chi connectivity index (χ4n) is 0.229. The van der Waals surface area contributed by atoms with E-state index in [4.69, 9.17) is 0 Å². The molecule has 0 rings (SSSR count). The molecule has 0 aromatic heterocycles. The van der Waals surface area contributed by atoms with E-state index in [9.17, 15) is 30.0 Å². The zero-order valence-electron chi connectivity index (χ0n) is 4.99. The van der Waals surface area contributed by atoms with Gasteiger partial charge >= 0.3 is 23.7 Å². The molecule has 2 nitrogen and oxygen atoms in total. The van der Waals surface area contributed by atoms with Crippen LogP contribution in [-0.2, 0) is 15.6 Å². The fourth-order valence-corrected chi connectivity index (χ4v) is 0.467. The highest BCUT2D eigenvalue weighted by Gasteiger charge is 2.43. The molecule has 1 atom stereocenters. The maximum atomic E-state index is 11.8. The van der Waals surface area contributed by atoms with Gasteiger partial charge in [-0.05, 0) is 0 Å². The first-order valence-electron chi connectivity index (χ1n) is 2.14. The Morgan fingerprint density at radius 2 is 1.67 bits per heavy atom. The van der Waals surface area contributed by atoms with Crippen molar-refractivity contribution in [3.8, 4) is 0 Å². The lowest BCUT2D eigenvalue weighted by molar-refractivity contribution is -0.154. The minimum absolute atomic E-state index is 2.42. The fraction of sp³-hybridized carbons (Fsp3) is 0.333. The predicted octanol–water partition coefficient (Wildman–Crippen LogP) is 2.22. The van der Waals surface area contributed by atoms with Gasteiger partial charge in [-0.2, -0.15) is 30.3 Å². The van der Waals surface area contributed by atoms with Crippen LogP contribution in [0.4, 0.5) is 25.8 Å². The number of hydrogen-bond acceptors (Lipinski definition) is 2. The maximum Gasteiger partial charge on any atom is 0.428 e. The van der Waals surface area contributed by atoms with E-state index in [1.165, 1.54) is 0 Å². The topological polar surface area (TPSA) is 26.3 Å². The molecule has 0 aliphatic carbocycles. The molecule has 0 saturated carbocycles. The normalized spacial score (nSPS) is 14.2. The summed E-state index contributed by atoms with van der Waals surface area (Å²) in [5, 5.41) is 0. The number of alkyl halides is 2. The molecule has 0 aliphatic heterocycles. The van der Waals surface area contributed by atoms with E-state index in [-0.39, 0.29) is 0 Å². The molecule has 72 valence electrons. The molecule has 0 amide bonds. The highest BCUT2D eigenvalue weighted by Crippen LogP contribution is 2.31. The van der Waals surface area contributed by atoms with Gasteiger partial charge in [0.25, 0.3) is 5.83 Å². The molecule has 0 radical (unpaired) electrons. The van der Waals surface area contributed by atoms with Crippen LogP contribution in [0, 0.1) is 0 Å². The zero-order chi connectivity index (χ0) is 9.94. The van der Waals surface area contributed by atoms with E-state index < -0.39 is 29.5 Å². The van der Waals surface area contributed by atoms with Gasteiger partial charge in [-0.25, -0.2) is 0 Å². The highest BCUT2D eigenvalue weighted by molar-refractivity contribution is 7.74. The second-order valence-electron chi connectivity index (χ2n) is 1.37. The molecule has 0 aliphatic rings. The van der Waals surface area contributed by atoms with Crippen molar-refractivity contribution in [3.05, 3.63) is 11.9 Å². The lowest BCUT2D eigenvalue weighted by Crippen LogP contribution is -2.22. The van der Waals surface area contributed by atoms with Crippen LogP contribution in [0.25, 0.3) is 0 Å². The molecule has 0 aromatic rings. The zero-order valence-corrected chi connectivity index (χ0v) is 5.81. The Balaban J connectivity index is 4.62. The maximum absolute atomic E-state index is 11.8. The second kappa shape index (κ2) is 3.90. The molecule has 0 heterocycles.